The van der Waals surface area contributed by atoms with Crippen LogP contribution in [0.15, 0.2) is 5.18 Å². The van der Waals surface area contributed by atoms with E-state index in [0.717, 1.165) is 12.2 Å². The molecule has 1 rings (SSSR count). The van der Waals surface area contributed by atoms with Crippen molar-refractivity contribution in [2.75, 3.05) is 5.75 Å². The maximum Gasteiger partial charge on any atom is 0.179 e. The molecule has 0 aromatic rings. The first-order chi connectivity index (χ1) is 3.84. The molecule has 1 unspecified atom stereocenters. The van der Waals surface area contributed by atoms with E-state index in [4.69, 9.17) is 0 Å². The molecule has 4 heteroatoms. The average molecular weight is 135 g/mol. The van der Waals surface area contributed by atoms with E-state index in [1.165, 1.54) is 0 Å². The molecule has 0 bridgehead atoms. The largest absolute Gasteiger partial charge is 0.289 e. The molecule has 3 nitrogen and oxygen atoms in total. The highest BCUT2D eigenvalue weighted by Crippen LogP contribution is 2.21. The molecule has 0 N–H and O–H groups in total. The van der Waals surface area contributed by atoms with Crippen molar-refractivity contribution >= 4 is 16.9 Å². The van der Waals surface area contributed by atoms with Gasteiger partial charge >= 0.3 is 0 Å². The first-order valence-corrected chi connectivity index (χ1v) is 4.40. The fraction of sp³-hybridized carbons (Fsp3) is 0.750. The molecule has 1 fully saturated rings. The summed E-state index contributed by atoms with van der Waals surface area (Å²) in [6, 6.07) is -0.443. The third kappa shape index (κ3) is 0.888. The van der Waals surface area contributed by atoms with Crippen LogP contribution in [0.5, 0.6) is 0 Å². The highest BCUT2D eigenvalue weighted by molar-refractivity contribution is 8.14. The van der Waals surface area contributed by atoms with E-state index >= 15 is 0 Å². The highest BCUT2D eigenvalue weighted by atomic mass is 32.2. The molecular formula is C4H9NO2S. The van der Waals surface area contributed by atoms with Gasteiger partial charge in [0, 0.05) is 0 Å². The number of hydrogen-bond donors (Lipinski definition) is 0. The summed E-state index contributed by atoms with van der Waals surface area (Å²) < 4.78 is 0. The maximum absolute atomic E-state index is 10.6. The number of hydrogen-bond acceptors (Lipinski definition) is 3. The summed E-state index contributed by atoms with van der Waals surface area (Å²) in [7, 11) is 0. The average Bonchev–Trinajstić information content (AvgIpc) is 2.14. The summed E-state index contributed by atoms with van der Waals surface area (Å²) in [6.07, 6.45) is 0.731. The Kier molecular flexibility index (Phi) is 1.62. The predicted octanol–water partition coefficient (Wildman–Crippen LogP) is -0.286. The number of rotatable bonds is 1. The van der Waals surface area contributed by atoms with E-state index in [1.807, 2.05) is 0 Å². The Morgan fingerprint density at radius 1 is 1.75 bits per heavy atom. The molecule has 0 aromatic carbocycles. The summed E-state index contributed by atoms with van der Waals surface area (Å²) in [5, 5.41) is 2.86. The zero-order valence-corrected chi connectivity index (χ0v) is 5.88. The normalized spacial score (nSPS) is 29.5. The van der Waals surface area contributed by atoms with Crippen LogP contribution in [0.1, 0.15) is 6.42 Å². The summed E-state index contributed by atoms with van der Waals surface area (Å²) in [6.45, 7) is 0. The molecule has 1 aliphatic heterocycles. The number of carbonyl (C=O) groups excluding carboxylic acids is 1. The SMILES string of the molecule is O=NC1CC[SH4]C1=O. The Hall–Kier alpha value is -0.380. The first-order valence-electron chi connectivity index (χ1n) is 2.70. The minimum atomic E-state index is -0.523. The smallest absolute Gasteiger partial charge is 0.179 e. The van der Waals surface area contributed by atoms with Gasteiger partial charge in [0.05, 0.1) is 0 Å². The first kappa shape index (κ1) is 5.75. The van der Waals surface area contributed by atoms with Crippen molar-refractivity contribution in [2.45, 2.75) is 12.5 Å². The fourth-order valence-electron chi connectivity index (χ4n) is 0.909. The zero-order valence-electron chi connectivity index (χ0n) is 4.46. The molecule has 1 aliphatic rings. The van der Waals surface area contributed by atoms with Gasteiger partial charge < -0.3 is 0 Å². The van der Waals surface area contributed by atoms with Crippen LogP contribution >= 0.6 is 11.8 Å². The van der Waals surface area contributed by atoms with Gasteiger partial charge in [-0.15, -0.1) is 0 Å². The lowest BCUT2D eigenvalue weighted by molar-refractivity contribution is -0.111. The third-order valence-electron chi connectivity index (χ3n) is 1.40. The van der Waals surface area contributed by atoms with E-state index in [0.29, 0.717) is 0 Å². The molecule has 0 radical (unpaired) electrons. The second-order valence-electron chi connectivity index (χ2n) is 1.98. The van der Waals surface area contributed by atoms with Crippen LogP contribution in [-0.4, -0.2) is 16.9 Å². The molecule has 8 heavy (non-hydrogen) atoms. The van der Waals surface area contributed by atoms with E-state index in [-0.39, 0.29) is 5.12 Å². The summed E-state index contributed by atoms with van der Waals surface area (Å²) in [5.41, 5.74) is 0. The van der Waals surface area contributed by atoms with Gasteiger partial charge in [-0.05, 0) is 12.2 Å². The summed E-state index contributed by atoms with van der Waals surface area (Å²) >= 11 is -0.523. The summed E-state index contributed by atoms with van der Waals surface area (Å²) in [5.74, 6) is 0.981. The van der Waals surface area contributed by atoms with Gasteiger partial charge in [-0.1, -0.05) is 5.18 Å². The van der Waals surface area contributed by atoms with Crippen LogP contribution in [0.3, 0.4) is 0 Å². The van der Waals surface area contributed by atoms with Crippen LogP contribution in [-0.2, 0) is 4.79 Å². The lowest BCUT2D eigenvalue weighted by Crippen LogP contribution is -2.05. The van der Waals surface area contributed by atoms with Crippen molar-refractivity contribution in [3.8, 4) is 0 Å². The van der Waals surface area contributed by atoms with Crippen LogP contribution in [0.25, 0.3) is 0 Å². The number of carbonyl (C=O) groups is 1. The molecule has 1 atom stereocenters. The van der Waals surface area contributed by atoms with Crippen molar-refractivity contribution in [3.63, 3.8) is 0 Å². The fourth-order valence-corrected chi connectivity index (χ4v) is 2.46. The molecule has 0 aliphatic carbocycles. The second-order valence-corrected chi connectivity index (χ2v) is 3.88. The topological polar surface area (TPSA) is 46.5 Å². The quantitative estimate of drug-likeness (QED) is 0.464. The van der Waals surface area contributed by atoms with Gasteiger partial charge in [-0.3, -0.25) is 16.6 Å². The van der Waals surface area contributed by atoms with Crippen LogP contribution < -0.4 is 0 Å². The van der Waals surface area contributed by atoms with Crippen molar-refractivity contribution in [1.82, 2.24) is 0 Å². The maximum atomic E-state index is 10.6. The Morgan fingerprint density at radius 3 is 2.75 bits per heavy atom. The lowest BCUT2D eigenvalue weighted by Gasteiger charge is -1.89. The van der Waals surface area contributed by atoms with E-state index < -0.39 is 17.8 Å². The molecule has 0 saturated carbocycles. The van der Waals surface area contributed by atoms with Crippen molar-refractivity contribution in [1.29, 1.82) is 0 Å². The van der Waals surface area contributed by atoms with Gasteiger partial charge in [-0.25, -0.2) is 0 Å². The minimum absolute atomic E-state index is 0.153. The van der Waals surface area contributed by atoms with Crippen molar-refractivity contribution in [2.24, 2.45) is 5.18 Å². The Morgan fingerprint density at radius 2 is 2.50 bits per heavy atom. The zero-order chi connectivity index (χ0) is 5.98. The van der Waals surface area contributed by atoms with E-state index in [2.05, 4.69) is 5.18 Å². The Balaban J connectivity index is 2.54. The van der Waals surface area contributed by atoms with Crippen LogP contribution in [0, 0.1) is 4.91 Å². The van der Waals surface area contributed by atoms with E-state index in [1.54, 1.807) is 0 Å². The number of nitrogens with zero attached hydrogens (tertiary/aromatic N) is 1. The molecular weight excluding hydrogens is 126 g/mol. The van der Waals surface area contributed by atoms with Crippen molar-refractivity contribution < 1.29 is 4.79 Å². The molecule has 0 amide bonds. The standard InChI is InChI=1S/C4H9NO2S/c6-4-3(5-7)1-2-8-4/h3H,1-2H2,8H4. The van der Waals surface area contributed by atoms with E-state index in [9.17, 15) is 9.70 Å². The van der Waals surface area contributed by atoms with Gasteiger partial charge in [0.15, 0.2) is 11.2 Å². The minimum Gasteiger partial charge on any atom is -0.289 e. The second kappa shape index (κ2) is 2.26. The van der Waals surface area contributed by atoms with Gasteiger partial charge in [0.2, 0.25) is 0 Å². The van der Waals surface area contributed by atoms with Gasteiger partial charge in [0.1, 0.15) is 0 Å². The number of nitroso groups, excluding NO2 is 1. The molecule has 1 saturated heterocycles. The Bertz CT molecular complexity index is 125. The molecule has 0 aromatic heterocycles. The highest BCUT2D eigenvalue weighted by Gasteiger charge is 2.22. The van der Waals surface area contributed by atoms with Crippen LogP contribution in [0.4, 0.5) is 0 Å². The lowest BCUT2D eigenvalue weighted by atomic mass is 10.3. The monoisotopic (exact) mass is 135 g/mol. The van der Waals surface area contributed by atoms with Gasteiger partial charge in [0.25, 0.3) is 0 Å². The van der Waals surface area contributed by atoms with Crippen LogP contribution in [0.2, 0.25) is 0 Å². The van der Waals surface area contributed by atoms with Crippen molar-refractivity contribution in [3.05, 3.63) is 4.91 Å². The predicted molar refractivity (Wildman–Crippen MR) is 37.2 cm³/mol. The Labute approximate surface area is 50.8 Å². The molecule has 48 valence electrons. The van der Waals surface area contributed by atoms with Gasteiger partial charge in [-0.2, -0.15) is 4.91 Å². The molecule has 0 spiro atoms. The third-order valence-corrected chi connectivity index (χ3v) is 3.13. The summed E-state index contributed by atoms with van der Waals surface area (Å²) in [4.78, 5) is 20.3. The molecule has 1 heterocycles.